The monoisotopic (exact) mass is 357 g/mol. The van der Waals surface area contributed by atoms with Crippen LogP contribution in [0.5, 0.6) is 0 Å². The molecular weight excluding hydrogens is 349 g/mol. The molecule has 0 radical (unpaired) electrons. The third kappa shape index (κ3) is 3.50. The van der Waals surface area contributed by atoms with Gasteiger partial charge in [0.25, 0.3) is 5.91 Å². The molecule has 2 aromatic carbocycles. The molecule has 0 spiro atoms. The molecule has 0 fully saturated rings. The van der Waals surface area contributed by atoms with Crippen molar-refractivity contribution in [2.45, 2.75) is 6.92 Å². The Kier molecular flexibility index (Phi) is 4.50. The molecule has 5 heteroatoms. The van der Waals surface area contributed by atoms with Gasteiger partial charge in [0.05, 0.1) is 5.02 Å². The van der Waals surface area contributed by atoms with Crippen molar-refractivity contribution in [1.29, 1.82) is 0 Å². The zero-order chi connectivity index (χ0) is 14.0. The SMILES string of the molecule is Cc1ccc(Cl)cc1NC(=O)c1ccc(Br)c(Cl)c1. The van der Waals surface area contributed by atoms with Crippen LogP contribution >= 0.6 is 39.1 Å². The van der Waals surface area contributed by atoms with Crippen LogP contribution in [0.25, 0.3) is 0 Å². The second-order valence-corrected chi connectivity index (χ2v) is 5.74. The fraction of sp³-hybridized carbons (Fsp3) is 0.0714. The van der Waals surface area contributed by atoms with E-state index in [0.717, 1.165) is 10.0 Å². The normalized spacial score (nSPS) is 10.3. The molecule has 2 nitrogen and oxygen atoms in total. The Morgan fingerprint density at radius 3 is 2.58 bits per heavy atom. The summed E-state index contributed by atoms with van der Waals surface area (Å²) in [6.07, 6.45) is 0. The van der Waals surface area contributed by atoms with Gasteiger partial charge in [-0.05, 0) is 58.7 Å². The van der Waals surface area contributed by atoms with E-state index < -0.39 is 0 Å². The van der Waals surface area contributed by atoms with E-state index in [-0.39, 0.29) is 5.91 Å². The topological polar surface area (TPSA) is 29.1 Å². The van der Waals surface area contributed by atoms with Crippen molar-refractivity contribution in [3.8, 4) is 0 Å². The number of benzene rings is 2. The van der Waals surface area contributed by atoms with E-state index in [1.54, 1.807) is 30.3 Å². The van der Waals surface area contributed by atoms with Crippen molar-refractivity contribution in [3.05, 3.63) is 62.0 Å². The zero-order valence-electron chi connectivity index (χ0n) is 10.0. The first-order valence-electron chi connectivity index (χ1n) is 5.50. The Morgan fingerprint density at radius 2 is 1.89 bits per heavy atom. The van der Waals surface area contributed by atoms with Crippen LogP contribution in [0, 0.1) is 6.92 Å². The van der Waals surface area contributed by atoms with Crippen LogP contribution in [-0.4, -0.2) is 5.91 Å². The first kappa shape index (κ1) is 14.4. The molecule has 98 valence electrons. The summed E-state index contributed by atoms with van der Waals surface area (Å²) in [6.45, 7) is 1.90. The lowest BCUT2D eigenvalue weighted by molar-refractivity contribution is 0.102. The molecule has 0 heterocycles. The molecule has 0 saturated heterocycles. The van der Waals surface area contributed by atoms with Gasteiger partial charge in [-0.3, -0.25) is 4.79 Å². The van der Waals surface area contributed by atoms with Crippen LogP contribution < -0.4 is 5.32 Å². The molecule has 0 unspecified atom stereocenters. The van der Waals surface area contributed by atoms with E-state index in [2.05, 4.69) is 21.2 Å². The van der Waals surface area contributed by atoms with Gasteiger partial charge >= 0.3 is 0 Å². The van der Waals surface area contributed by atoms with E-state index in [4.69, 9.17) is 23.2 Å². The molecule has 1 N–H and O–H groups in total. The smallest absolute Gasteiger partial charge is 0.255 e. The minimum Gasteiger partial charge on any atom is -0.322 e. The van der Waals surface area contributed by atoms with Gasteiger partial charge in [0.1, 0.15) is 0 Å². The summed E-state index contributed by atoms with van der Waals surface area (Å²) in [6, 6.07) is 10.4. The van der Waals surface area contributed by atoms with Crippen LogP contribution in [0.4, 0.5) is 5.69 Å². The van der Waals surface area contributed by atoms with Crippen LogP contribution in [0.1, 0.15) is 15.9 Å². The lowest BCUT2D eigenvalue weighted by atomic mass is 10.1. The summed E-state index contributed by atoms with van der Waals surface area (Å²) in [5.74, 6) is -0.222. The van der Waals surface area contributed by atoms with Crippen LogP contribution in [0.15, 0.2) is 40.9 Å². The van der Waals surface area contributed by atoms with Crippen molar-refractivity contribution < 1.29 is 4.79 Å². The fourth-order valence-corrected chi connectivity index (χ4v) is 2.16. The van der Waals surface area contributed by atoms with Gasteiger partial charge in [-0.15, -0.1) is 0 Å². The predicted molar refractivity (Wildman–Crippen MR) is 83.3 cm³/mol. The van der Waals surface area contributed by atoms with Gasteiger partial charge in [0, 0.05) is 20.7 Å². The molecule has 2 rings (SSSR count). The van der Waals surface area contributed by atoms with Gasteiger partial charge in [0.2, 0.25) is 0 Å². The Balaban J connectivity index is 2.25. The molecule has 19 heavy (non-hydrogen) atoms. The molecule has 0 aliphatic rings. The third-order valence-electron chi connectivity index (χ3n) is 2.63. The summed E-state index contributed by atoms with van der Waals surface area (Å²) in [5, 5.41) is 3.89. The molecule has 1 amide bonds. The van der Waals surface area contributed by atoms with Crippen molar-refractivity contribution >= 4 is 50.7 Å². The van der Waals surface area contributed by atoms with Gasteiger partial charge in [-0.2, -0.15) is 0 Å². The third-order valence-corrected chi connectivity index (χ3v) is 4.10. The number of rotatable bonds is 2. The van der Waals surface area contributed by atoms with Crippen LogP contribution in [0.2, 0.25) is 10.0 Å². The highest BCUT2D eigenvalue weighted by Gasteiger charge is 2.09. The second-order valence-electron chi connectivity index (χ2n) is 4.04. The number of hydrogen-bond acceptors (Lipinski definition) is 1. The summed E-state index contributed by atoms with van der Waals surface area (Å²) in [7, 11) is 0. The molecule has 0 aliphatic heterocycles. The van der Waals surface area contributed by atoms with E-state index in [0.29, 0.717) is 21.3 Å². The molecule has 0 aliphatic carbocycles. The summed E-state index contributed by atoms with van der Waals surface area (Å²) < 4.78 is 0.754. The van der Waals surface area contributed by atoms with Crippen molar-refractivity contribution in [2.24, 2.45) is 0 Å². The average molecular weight is 359 g/mol. The number of anilines is 1. The number of amides is 1. The summed E-state index contributed by atoms with van der Waals surface area (Å²) in [5.41, 5.74) is 2.13. The van der Waals surface area contributed by atoms with E-state index >= 15 is 0 Å². The lowest BCUT2D eigenvalue weighted by Crippen LogP contribution is -2.12. The number of hydrogen-bond donors (Lipinski definition) is 1. The minimum atomic E-state index is -0.222. The number of aryl methyl sites for hydroxylation is 1. The van der Waals surface area contributed by atoms with Gasteiger partial charge in [0.15, 0.2) is 0 Å². The Morgan fingerprint density at radius 1 is 1.16 bits per heavy atom. The molecule has 0 bridgehead atoms. The Hall–Kier alpha value is -1.03. The highest BCUT2D eigenvalue weighted by molar-refractivity contribution is 9.10. The Bertz CT molecular complexity index is 643. The maximum absolute atomic E-state index is 12.1. The van der Waals surface area contributed by atoms with E-state index in [1.807, 2.05) is 13.0 Å². The number of nitrogens with one attached hydrogen (secondary N) is 1. The molecule has 2 aromatic rings. The fourth-order valence-electron chi connectivity index (χ4n) is 1.56. The van der Waals surface area contributed by atoms with Crippen LogP contribution in [-0.2, 0) is 0 Å². The maximum Gasteiger partial charge on any atom is 0.255 e. The summed E-state index contributed by atoms with van der Waals surface area (Å²) in [4.78, 5) is 12.1. The standard InChI is InChI=1S/C14H10BrCl2NO/c1-8-2-4-10(16)7-13(8)18-14(19)9-3-5-11(15)12(17)6-9/h2-7H,1H3,(H,18,19). The first-order valence-corrected chi connectivity index (χ1v) is 7.05. The highest BCUT2D eigenvalue weighted by Crippen LogP contribution is 2.25. The minimum absolute atomic E-state index is 0.222. The lowest BCUT2D eigenvalue weighted by Gasteiger charge is -2.09. The van der Waals surface area contributed by atoms with E-state index in [1.165, 1.54) is 0 Å². The molecule has 0 atom stereocenters. The number of carbonyl (C=O) groups excluding carboxylic acids is 1. The van der Waals surface area contributed by atoms with Crippen molar-refractivity contribution in [1.82, 2.24) is 0 Å². The number of carbonyl (C=O) groups is 1. The first-order chi connectivity index (χ1) is 8.97. The quantitative estimate of drug-likeness (QED) is 0.773. The average Bonchev–Trinajstić information content (AvgIpc) is 2.37. The molecule has 0 aromatic heterocycles. The van der Waals surface area contributed by atoms with Crippen LogP contribution in [0.3, 0.4) is 0 Å². The van der Waals surface area contributed by atoms with Gasteiger partial charge < -0.3 is 5.32 Å². The number of halogens is 3. The predicted octanol–water partition coefficient (Wildman–Crippen LogP) is 5.32. The van der Waals surface area contributed by atoms with Crippen molar-refractivity contribution in [2.75, 3.05) is 5.32 Å². The van der Waals surface area contributed by atoms with Gasteiger partial charge in [-0.1, -0.05) is 29.3 Å². The largest absolute Gasteiger partial charge is 0.322 e. The second kappa shape index (κ2) is 5.95. The van der Waals surface area contributed by atoms with Gasteiger partial charge in [-0.25, -0.2) is 0 Å². The summed E-state index contributed by atoms with van der Waals surface area (Å²) >= 11 is 15.2. The molecule has 0 saturated carbocycles. The molecular formula is C14H10BrCl2NO. The maximum atomic E-state index is 12.1. The van der Waals surface area contributed by atoms with Crippen molar-refractivity contribution in [3.63, 3.8) is 0 Å². The zero-order valence-corrected chi connectivity index (χ0v) is 13.1. The highest BCUT2D eigenvalue weighted by atomic mass is 79.9. The Labute approximate surface area is 129 Å². The van der Waals surface area contributed by atoms with E-state index in [9.17, 15) is 4.79 Å².